The van der Waals surface area contributed by atoms with Crippen LogP contribution in [-0.2, 0) is 0 Å². The molecule has 1 fully saturated rings. The van der Waals surface area contributed by atoms with Crippen LogP contribution in [0.25, 0.3) is 0 Å². The van der Waals surface area contributed by atoms with Crippen molar-refractivity contribution < 1.29 is 0 Å². The van der Waals surface area contributed by atoms with Gasteiger partial charge in [0.25, 0.3) is 0 Å². The van der Waals surface area contributed by atoms with Crippen LogP contribution in [-0.4, -0.2) is 11.4 Å². The Morgan fingerprint density at radius 1 is 1.20 bits per heavy atom. The second-order valence-corrected chi connectivity index (χ2v) is 3.49. The third-order valence-corrected chi connectivity index (χ3v) is 2.67. The molecule has 0 heterocycles. The summed E-state index contributed by atoms with van der Waals surface area (Å²) in [5.74, 6) is 5.33. The number of hydrazine groups is 1. The number of hydrogen-bond acceptors (Lipinski definition) is 2. The minimum Gasteiger partial charge on any atom is -0.271 e. The molecular weight excluding hydrogens is 148 g/mol. The number of nitrogens with two attached hydrogens (primary N) is 1. The first kappa shape index (κ1) is 8.31. The zero-order chi connectivity index (χ0) is 7.40. The Kier molecular flexibility index (Phi) is 3.46. The van der Waals surface area contributed by atoms with E-state index in [9.17, 15) is 0 Å². The van der Waals surface area contributed by atoms with E-state index >= 15 is 0 Å². The quantitative estimate of drug-likeness (QED) is 0.265. The van der Waals surface area contributed by atoms with E-state index in [1.165, 1.54) is 19.3 Å². The Balaban J connectivity index is 2.35. The number of nitrogens with one attached hydrogen (secondary N) is 1. The van der Waals surface area contributed by atoms with Gasteiger partial charge in [0.15, 0.2) is 0 Å². The highest BCUT2D eigenvalue weighted by Crippen LogP contribution is 2.21. The summed E-state index contributed by atoms with van der Waals surface area (Å²) in [5, 5.41) is 0.243. The molecule has 1 aliphatic rings. The van der Waals surface area contributed by atoms with E-state index in [0.29, 0.717) is 6.04 Å². The molecular formula is C7H15ClN2. The molecule has 2 atom stereocenters. The monoisotopic (exact) mass is 162 g/mol. The molecule has 1 saturated carbocycles. The lowest BCUT2D eigenvalue weighted by atomic mass is 10.1. The zero-order valence-electron chi connectivity index (χ0n) is 6.15. The largest absolute Gasteiger partial charge is 0.271 e. The summed E-state index contributed by atoms with van der Waals surface area (Å²) >= 11 is 6.04. The molecule has 0 aromatic heterocycles. The fraction of sp³-hybridized carbons (Fsp3) is 1.00. The average Bonchev–Trinajstić information content (AvgIpc) is 2.13. The van der Waals surface area contributed by atoms with E-state index in [4.69, 9.17) is 17.4 Å². The molecule has 0 aliphatic heterocycles. The van der Waals surface area contributed by atoms with Crippen LogP contribution in [0.3, 0.4) is 0 Å². The van der Waals surface area contributed by atoms with Gasteiger partial charge in [-0.05, 0) is 12.8 Å². The predicted molar refractivity (Wildman–Crippen MR) is 43.8 cm³/mol. The molecule has 60 valence electrons. The van der Waals surface area contributed by atoms with Crippen molar-refractivity contribution in [3.63, 3.8) is 0 Å². The molecule has 0 spiro atoms. The van der Waals surface area contributed by atoms with Crippen molar-refractivity contribution in [1.82, 2.24) is 5.43 Å². The van der Waals surface area contributed by atoms with E-state index in [0.717, 1.165) is 12.8 Å². The fourth-order valence-corrected chi connectivity index (χ4v) is 1.80. The van der Waals surface area contributed by atoms with E-state index in [2.05, 4.69) is 5.43 Å². The van der Waals surface area contributed by atoms with E-state index in [1.54, 1.807) is 0 Å². The summed E-state index contributed by atoms with van der Waals surface area (Å²) in [5.41, 5.74) is 2.76. The molecule has 0 unspecified atom stereocenters. The summed E-state index contributed by atoms with van der Waals surface area (Å²) in [6.07, 6.45) is 6.06. The van der Waals surface area contributed by atoms with Crippen molar-refractivity contribution in [2.45, 2.75) is 43.5 Å². The predicted octanol–water partition coefficient (Wildman–Crippen LogP) is 1.39. The van der Waals surface area contributed by atoms with Crippen molar-refractivity contribution in [3.8, 4) is 0 Å². The normalized spacial score (nSPS) is 35.4. The molecule has 0 radical (unpaired) electrons. The standard InChI is InChI=1S/C7H15ClN2/c8-6-4-2-1-3-5-7(6)10-9/h6-7,10H,1-5,9H2/t6-,7+/m0/s1. The summed E-state index contributed by atoms with van der Waals surface area (Å²) < 4.78 is 0. The molecule has 2 nitrogen and oxygen atoms in total. The fourth-order valence-electron chi connectivity index (χ4n) is 1.45. The minimum absolute atomic E-state index is 0.243. The molecule has 3 heteroatoms. The number of hydrogen-bond donors (Lipinski definition) is 2. The molecule has 10 heavy (non-hydrogen) atoms. The van der Waals surface area contributed by atoms with Gasteiger partial charge in [-0.2, -0.15) is 0 Å². The minimum atomic E-state index is 0.243. The Morgan fingerprint density at radius 3 is 2.60 bits per heavy atom. The van der Waals surface area contributed by atoms with Gasteiger partial charge < -0.3 is 0 Å². The number of halogens is 1. The summed E-state index contributed by atoms with van der Waals surface area (Å²) in [7, 11) is 0. The second kappa shape index (κ2) is 4.16. The van der Waals surface area contributed by atoms with Crippen LogP contribution in [0.1, 0.15) is 32.1 Å². The van der Waals surface area contributed by atoms with Crippen molar-refractivity contribution >= 4 is 11.6 Å². The van der Waals surface area contributed by atoms with Gasteiger partial charge in [0.1, 0.15) is 0 Å². The highest BCUT2D eigenvalue weighted by molar-refractivity contribution is 6.21. The average molecular weight is 163 g/mol. The smallest absolute Gasteiger partial charge is 0.0502 e. The van der Waals surface area contributed by atoms with Gasteiger partial charge in [-0.1, -0.05) is 19.3 Å². The maximum atomic E-state index is 6.04. The van der Waals surface area contributed by atoms with Gasteiger partial charge in [0, 0.05) is 6.04 Å². The van der Waals surface area contributed by atoms with Crippen molar-refractivity contribution in [2.24, 2.45) is 5.84 Å². The zero-order valence-corrected chi connectivity index (χ0v) is 6.90. The summed E-state index contributed by atoms with van der Waals surface area (Å²) in [6.45, 7) is 0. The molecule has 0 saturated heterocycles. The highest BCUT2D eigenvalue weighted by Gasteiger charge is 2.19. The Hall–Kier alpha value is 0.210. The van der Waals surface area contributed by atoms with Crippen LogP contribution >= 0.6 is 11.6 Å². The van der Waals surface area contributed by atoms with Crippen LogP contribution < -0.4 is 11.3 Å². The third kappa shape index (κ3) is 2.11. The van der Waals surface area contributed by atoms with Crippen molar-refractivity contribution in [3.05, 3.63) is 0 Å². The molecule has 0 aromatic carbocycles. The van der Waals surface area contributed by atoms with Crippen molar-refractivity contribution in [1.29, 1.82) is 0 Å². The molecule has 1 aliphatic carbocycles. The first-order chi connectivity index (χ1) is 4.84. The van der Waals surface area contributed by atoms with Crippen LogP contribution in [0.2, 0.25) is 0 Å². The van der Waals surface area contributed by atoms with E-state index < -0.39 is 0 Å². The van der Waals surface area contributed by atoms with E-state index in [-0.39, 0.29) is 5.38 Å². The maximum absolute atomic E-state index is 6.04. The van der Waals surface area contributed by atoms with Crippen LogP contribution in [0.5, 0.6) is 0 Å². The van der Waals surface area contributed by atoms with Gasteiger partial charge in [0.05, 0.1) is 5.38 Å². The lowest BCUT2D eigenvalue weighted by Gasteiger charge is -2.17. The van der Waals surface area contributed by atoms with Gasteiger partial charge >= 0.3 is 0 Å². The topological polar surface area (TPSA) is 38.0 Å². The number of rotatable bonds is 1. The Bertz CT molecular complexity index is 97.6. The Labute approximate surface area is 67.1 Å². The highest BCUT2D eigenvalue weighted by atomic mass is 35.5. The lowest BCUT2D eigenvalue weighted by molar-refractivity contribution is 0.478. The molecule has 1 rings (SSSR count). The molecule has 3 N–H and O–H groups in total. The second-order valence-electron chi connectivity index (χ2n) is 2.93. The van der Waals surface area contributed by atoms with Gasteiger partial charge in [0.2, 0.25) is 0 Å². The Morgan fingerprint density at radius 2 is 1.90 bits per heavy atom. The first-order valence-corrected chi connectivity index (χ1v) is 4.38. The van der Waals surface area contributed by atoms with E-state index in [1.807, 2.05) is 0 Å². The van der Waals surface area contributed by atoms with Gasteiger partial charge in [-0.25, -0.2) is 0 Å². The summed E-state index contributed by atoms with van der Waals surface area (Å²) in [6, 6.07) is 0.337. The maximum Gasteiger partial charge on any atom is 0.0502 e. The van der Waals surface area contributed by atoms with Gasteiger partial charge in [-0.15, -0.1) is 11.6 Å². The third-order valence-electron chi connectivity index (χ3n) is 2.15. The molecule has 0 amide bonds. The SMILES string of the molecule is NN[C@@H]1CCCCC[C@@H]1Cl. The first-order valence-electron chi connectivity index (χ1n) is 3.95. The summed E-state index contributed by atoms with van der Waals surface area (Å²) in [4.78, 5) is 0. The van der Waals surface area contributed by atoms with Crippen molar-refractivity contribution in [2.75, 3.05) is 0 Å². The van der Waals surface area contributed by atoms with Gasteiger partial charge in [-0.3, -0.25) is 11.3 Å². The number of alkyl halides is 1. The van der Waals surface area contributed by atoms with Crippen LogP contribution in [0, 0.1) is 0 Å². The van der Waals surface area contributed by atoms with Crippen LogP contribution in [0.4, 0.5) is 0 Å². The van der Waals surface area contributed by atoms with Crippen LogP contribution in [0.15, 0.2) is 0 Å². The lowest BCUT2D eigenvalue weighted by Crippen LogP contribution is -2.40. The molecule has 0 bridgehead atoms. The molecule has 0 aromatic rings.